The summed E-state index contributed by atoms with van der Waals surface area (Å²) in [6.45, 7) is 0.718. The molecule has 178 valence electrons. The molecule has 2 aliphatic rings. The van der Waals surface area contributed by atoms with E-state index >= 15 is 0 Å². The van der Waals surface area contributed by atoms with Gasteiger partial charge in [0.2, 0.25) is 0 Å². The molecule has 2 aliphatic heterocycles. The van der Waals surface area contributed by atoms with Crippen LogP contribution >= 0.6 is 11.3 Å². The number of nitrogens with one attached hydrogen (secondary N) is 1. The molecule has 1 aromatic heterocycles. The molecular formula is C25H21N3O6S. The maximum absolute atomic E-state index is 13.6. The number of ketones is 1. The van der Waals surface area contributed by atoms with Crippen LogP contribution in [0.2, 0.25) is 0 Å². The number of carbonyl (C=O) groups excluding carboxylic acids is 2. The first kappa shape index (κ1) is 22.7. The first-order chi connectivity index (χ1) is 16.8. The highest BCUT2D eigenvalue weighted by Gasteiger charge is 2.44. The normalized spacial score (nSPS) is 16.3. The molecule has 1 saturated heterocycles. The Balaban J connectivity index is 1.39. The molecule has 5 rings (SSSR count). The zero-order chi connectivity index (χ0) is 24.7. The van der Waals surface area contributed by atoms with E-state index in [1.54, 1.807) is 48.4 Å². The van der Waals surface area contributed by atoms with Crippen molar-refractivity contribution in [2.24, 2.45) is 0 Å². The lowest BCUT2D eigenvalue weighted by atomic mass is 9.82. The average molecular weight is 492 g/mol. The number of anilines is 1. The van der Waals surface area contributed by atoms with Gasteiger partial charge in [0, 0.05) is 36.0 Å². The summed E-state index contributed by atoms with van der Waals surface area (Å²) in [6.07, 6.45) is -0.144. The lowest BCUT2D eigenvalue weighted by molar-refractivity contribution is -0.00563. The third kappa shape index (κ3) is 4.04. The van der Waals surface area contributed by atoms with Crippen LogP contribution in [-0.4, -0.2) is 53.6 Å². The number of benzene rings is 2. The quantitative estimate of drug-likeness (QED) is 0.551. The van der Waals surface area contributed by atoms with Crippen molar-refractivity contribution in [1.29, 1.82) is 5.26 Å². The molecule has 0 radical (unpaired) electrons. The van der Waals surface area contributed by atoms with Gasteiger partial charge in [-0.15, -0.1) is 11.3 Å². The van der Waals surface area contributed by atoms with Crippen LogP contribution in [0.3, 0.4) is 0 Å². The van der Waals surface area contributed by atoms with E-state index < -0.39 is 11.7 Å². The zero-order valence-electron chi connectivity index (χ0n) is 18.8. The Morgan fingerprint density at radius 1 is 1.23 bits per heavy atom. The molecule has 0 aliphatic carbocycles. The van der Waals surface area contributed by atoms with Gasteiger partial charge >= 0.3 is 6.09 Å². The van der Waals surface area contributed by atoms with E-state index in [4.69, 9.17) is 14.7 Å². The van der Waals surface area contributed by atoms with Gasteiger partial charge in [0.25, 0.3) is 5.91 Å². The van der Waals surface area contributed by atoms with E-state index in [0.29, 0.717) is 59.5 Å². The highest BCUT2D eigenvalue weighted by Crippen LogP contribution is 2.42. The van der Waals surface area contributed by atoms with Crippen LogP contribution in [0, 0.1) is 11.3 Å². The zero-order valence-corrected chi connectivity index (χ0v) is 19.6. The van der Waals surface area contributed by atoms with Crippen LogP contribution < -0.4 is 14.8 Å². The summed E-state index contributed by atoms with van der Waals surface area (Å²) in [4.78, 5) is 39.4. The number of Topliss-reactive ketones (excluding diaryl/α,β-unsaturated/α-hetero) is 1. The number of carboxylic acid groups (broad SMARTS) is 1. The summed E-state index contributed by atoms with van der Waals surface area (Å²) in [7, 11) is 1.54. The largest absolute Gasteiger partial charge is 0.497 e. The second-order valence-corrected chi connectivity index (χ2v) is 9.65. The van der Waals surface area contributed by atoms with Gasteiger partial charge in [0.05, 0.1) is 36.3 Å². The fourth-order valence-electron chi connectivity index (χ4n) is 4.72. The number of methoxy groups -OCH3 is 1. The number of nitrogens with zero attached hydrogens (tertiary/aromatic N) is 2. The maximum atomic E-state index is 13.6. The van der Waals surface area contributed by atoms with Crippen LogP contribution in [0.15, 0.2) is 36.4 Å². The third-order valence-electron chi connectivity index (χ3n) is 6.51. The van der Waals surface area contributed by atoms with Crippen molar-refractivity contribution in [1.82, 2.24) is 4.90 Å². The van der Waals surface area contributed by atoms with Crippen molar-refractivity contribution >= 4 is 44.2 Å². The number of likely N-dealkylation sites (tertiary alicyclic amines) is 1. The minimum Gasteiger partial charge on any atom is -0.497 e. The van der Waals surface area contributed by atoms with E-state index in [-0.39, 0.29) is 23.1 Å². The predicted octanol–water partition coefficient (Wildman–Crippen LogP) is 4.51. The molecule has 1 fully saturated rings. The molecular weight excluding hydrogens is 470 g/mol. The van der Waals surface area contributed by atoms with Crippen LogP contribution in [0.1, 0.15) is 45.5 Å². The van der Waals surface area contributed by atoms with Gasteiger partial charge in [-0.05, 0) is 36.4 Å². The summed E-state index contributed by atoms with van der Waals surface area (Å²) < 4.78 is 12.2. The summed E-state index contributed by atoms with van der Waals surface area (Å²) >= 11 is 1.18. The van der Waals surface area contributed by atoms with E-state index in [2.05, 4.69) is 5.32 Å². The summed E-state index contributed by atoms with van der Waals surface area (Å²) in [5, 5.41) is 21.7. The molecule has 0 saturated carbocycles. The predicted molar refractivity (Wildman–Crippen MR) is 129 cm³/mol. The smallest absolute Gasteiger partial charge is 0.409 e. The maximum Gasteiger partial charge on any atom is 0.409 e. The van der Waals surface area contributed by atoms with Gasteiger partial charge in [-0.25, -0.2) is 4.79 Å². The fourth-order valence-corrected chi connectivity index (χ4v) is 5.83. The van der Waals surface area contributed by atoms with Crippen LogP contribution in [0.4, 0.5) is 9.80 Å². The van der Waals surface area contributed by atoms with Crippen molar-refractivity contribution in [2.75, 3.05) is 25.5 Å². The molecule has 9 nitrogen and oxygen atoms in total. The molecule has 3 heterocycles. The second-order valence-electron chi connectivity index (χ2n) is 8.60. The molecule has 35 heavy (non-hydrogen) atoms. The highest BCUT2D eigenvalue weighted by molar-refractivity contribution is 7.23. The lowest BCUT2D eigenvalue weighted by Crippen LogP contribution is -2.52. The van der Waals surface area contributed by atoms with Crippen LogP contribution in [0.5, 0.6) is 11.5 Å². The molecule has 2 N–H and O–H groups in total. The first-order valence-electron chi connectivity index (χ1n) is 11.0. The summed E-state index contributed by atoms with van der Waals surface area (Å²) in [5.41, 5.74) is 0.420. The number of carbonyl (C=O) groups is 3. The van der Waals surface area contributed by atoms with E-state index in [1.165, 1.54) is 11.3 Å². The highest BCUT2D eigenvalue weighted by atomic mass is 32.1. The molecule has 2 amide bonds. The molecule has 0 atom stereocenters. The van der Waals surface area contributed by atoms with Crippen molar-refractivity contribution in [2.45, 2.75) is 24.9 Å². The molecule has 10 heteroatoms. The molecule has 0 bridgehead atoms. The van der Waals surface area contributed by atoms with Gasteiger partial charge in [0.1, 0.15) is 22.1 Å². The average Bonchev–Trinajstić information content (AvgIpc) is 3.20. The Morgan fingerprint density at radius 3 is 2.69 bits per heavy atom. The topological polar surface area (TPSA) is 129 Å². The van der Waals surface area contributed by atoms with Gasteiger partial charge < -0.3 is 19.5 Å². The Labute approximate surface area is 204 Å². The summed E-state index contributed by atoms with van der Waals surface area (Å²) in [6, 6.07) is 12.1. The van der Waals surface area contributed by atoms with Crippen molar-refractivity contribution in [3.05, 3.63) is 53.1 Å². The number of hydrogen-bond donors (Lipinski definition) is 2. The Bertz CT molecular complexity index is 1410. The Morgan fingerprint density at radius 2 is 2.00 bits per heavy atom. The van der Waals surface area contributed by atoms with E-state index in [0.717, 1.165) is 4.70 Å². The van der Waals surface area contributed by atoms with Gasteiger partial charge in [-0.2, -0.15) is 5.26 Å². The number of fused-ring (bicyclic) bond motifs is 2. The van der Waals surface area contributed by atoms with Gasteiger partial charge in [-0.3, -0.25) is 14.9 Å². The molecule has 3 aromatic rings. The SMILES string of the molecule is COc1ccc2c(C(=O)N3CCC4(CC3)CC(=O)c3cc(C#N)ccc3O4)c(NC(=O)O)sc2c1. The van der Waals surface area contributed by atoms with E-state index in [1.807, 2.05) is 6.07 Å². The van der Waals surface area contributed by atoms with Crippen LogP contribution in [0.25, 0.3) is 10.1 Å². The number of thiophene rings is 1. The monoisotopic (exact) mass is 491 g/mol. The Kier molecular flexibility index (Phi) is 5.57. The third-order valence-corrected chi connectivity index (χ3v) is 7.58. The number of hydrogen-bond acceptors (Lipinski definition) is 7. The minimum atomic E-state index is -1.25. The summed E-state index contributed by atoms with van der Waals surface area (Å²) in [5.74, 6) is 0.724. The van der Waals surface area contributed by atoms with Crippen molar-refractivity contribution in [3.8, 4) is 17.6 Å². The van der Waals surface area contributed by atoms with Crippen molar-refractivity contribution in [3.63, 3.8) is 0 Å². The molecule has 2 aromatic carbocycles. The first-order valence-corrected chi connectivity index (χ1v) is 11.8. The number of ether oxygens (including phenoxy) is 2. The van der Waals surface area contributed by atoms with Gasteiger partial charge in [-0.1, -0.05) is 0 Å². The van der Waals surface area contributed by atoms with Gasteiger partial charge in [0.15, 0.2) is 5.78 Å². The number of rotatable bonds is 3. The van der Waals surface area contributed by atoms with Crippen molar-refractivity contribution < 1.29 is 29.0 Å². The second kappa shape index (κ2) is 8.60. The number of amides is 2. The standard InChI is InChI=1S/C25H21N3O6S/c1-33-15-3-4-16-20(11-15)35-22(27-24(31)32)21(16)23(30)28-8-6-25(7-9-28)12-18(29)17-10-14(13-26)2-5-19(17)34-25/h2-5,10-11,27H,6-9,12H2,1H3,(H,31,32). The Hall–Kier alpha value is -4.10. The van der Waals surface area contributed by atoms with Crippen LogP contribution in [-0.2, 0) is 0 Å². The molecule has 1 spiro atoms. The van der Waals surface area contributed by atoms with E-state index in [9.17, 15) is 19.5 Å². The number of piperidine rings is 1. The fraction of sp³-hybridized carbons (Fsp3) is 0.280. The molecule has 0 unspecified atom stereocenters. The lowest BCUT2D eigenvalue weighted by Gasteiger charge is -2.44. The number of nitriles is 1. The minimum absolute atomic E-state index is 0.0751.